The molecule has 2 N–H and O–H groups in total. The Balaban J connectivity index is 2.20. The third-order valence-electron chi connectivity index (χ3n) is 2.81. The third kappa shape index (κ3) is 3.92. The molecule has 1 amide bonds. The number of aromatic nitrogens is 2. The standard InChI is InChI=1S/C14H17ClN4OS/c1-4-16-11-8-9(7-10(15)18-11)12(20)19-14(2,3)13-17-5-6-21-13/h5-8H,4H2,1-3H3,(H,16,18)(H,19,20). The monoisotopic (exact) mass is 324 g/mol. The van der Waals surface area contributed by atoms with Crippen molar-refractivity contribution in [2.45, 2.75) is 26.3 Å². The molecule has 2 aromatic heterocycles. The predicted molar refractivity (Wildman–Crippen MR) is 86.0 cm³/mol. The molecule has 0 atom stereocenters. The van der Waals surface area contributed by atoms with Crippen molar-refractivity contribution >= 4 is 34.7 Å². The van der Waals surface area contributed by atoms with Crippen molar-refractivity contribution in [1.82, 2.24) is 15.3 Å². The fourth-order valence-electron chi connectivity index (χ4n) is 1.84. The molecule has 21 heavy (non-hydrogen) atoms. The van der Waals surface area contributed by atoms with Crippen molar-refractivity contribution in [3.8, 4) is 0 Å². The topological polar surface area (TPSA) is 66.9 Å². The van der Waals surface area contributed by atoms with Crippen LogP contribution in [0.25, 0.3) is 0 Å². The molecule has 0 aliphatic rings. The Labute approximate surface area is 132 Å². The minimum Gasteiger partial charge on any atom is -0.370 e. The lowest BCUT2D eigenvalue weighted by molar-refractivity contribution is 0.0912. The molecule has 2 heterocycles. The van der Waals surface area contributed by atoms with Crippen molar-refractivity contribution in [2.75, 3.05) is 11.9 Å². The van der Waals surface area contributed by atoms with Crippen LogP contribution in [0.5, 0.6) is 0 Å². The third-order valence-corrected chi connectivity index (χ3v) is 4.10. The van der Waals surface area contributed by atoms with Gasteiger partial charge in [-0.25, -0.2) is 9.97 Å². The first-order chi connectivity index (χ1) is 9.92. The zero-order valence-corrected chi connectivity index (χ0v) is 13.7. The van der Waals surface area contributed by atoms with Gasteiger partial charge in [0.05, 0.1) is 5.54 Å². The van der Waals surface area contributed by atoms with E-state index in [4.69, 9.17) is 11.6 Å². The largest absolute Gasteiger partial charge is 0.370 e. The van der Waals surface area contributed by atoms with Gasteiger partial charge in [0.1, 0.15) is 16.0 Å². The molecule has 0 radical (unpaired) electrons. The summed E-state index contributed by atoms with van der Waals surface area (Å²) in [5.41, 5.74) is -0.0742. The minimum atomic E-state index is -0.542. The SMILES string of the molecule is CCNc1cc(C(=O)NC(C)(C)c2nccs2)cc(Cl)n1. The molecule has 2 rings (SSSR count). The lowest BCUT2D eigenvalue weighted by Crippen LogP contribution is -2.41. The Morgan fingerprint density at radius 3 is 2.81 bits per heavy atom. The first-order valence-electron chi connectivity index (χ1n) is 6.56. The van der Waals surface area contributed by atoms with E-state index in [9.17, 15) is 4.79 Å². The first kappa shape index (κ1) is 15.7. The number of rotatable bonds is 5. The second-order valence-corrected chi connectivity index (χ2v) is 6.29. The summed E-state index contributed by atoms with van der Waals surface area (Å²) in [6, 6.07) is 3.23. The summed E-state index contributed by atoms with van der Waals surface area (Å²) in [7, 11) is 0. The van der Waals surface area contributed by atoms with E-state index in [-0.39, 0.29) is 11.1 Å². The van der Waals surface area contributed by atoms with E-state index in [0.29, 0.717) is 17.9 Å². The van der Waals surface area contributed by atoms with Crippen LogP contribution < -0.4 is 10.6 Å². The van der Waals surface area contributed by atoms with Crippen molar-refractivity contribution in [3.63, 3.8) is 0 Å². The van der Waals surface area contributed by atoms with Crippen LogP contribution in [0.3, 0.4) is 0 Å². The number of anilines is 1. The van der Waals surface area contributed by atoms with Crippen LogP contribution in [0.1, 0.15) is 36.1 Å². The Morgan fingerprint density at radius 2 is 2.19 bits per heavy atom. The van der Waals surface area contributed by atoms with Gasteiger partial charge in [-0.1, -0.05) is 11.6 Å². The van der Waals surface area contributed by atoms with Crippen molar-refractivity contribution in [1.29, 1.82) is 0 Å². The summed E-state index contributed by atoms with van der Waals surface area (Å²) in [5, 5.41) is 9.03. The molecule has 0 aliphatic carbocycles. The maximum Gasteiger partial charge on any atom is 0.252 e. The quantitative estimate of drug-likeness (QED) is 0.828. The van der Waals surface area contributed by atoms with Gasteiger partial charge in [-0.15, -0.1) is 11.3 Å². The number of pyridine rings is 1. The van der Waals surface area contributed by atoms with Crippen molar-refractivity contribution in [2.24, 2.45) is 0 Å². The Morgan fingerprint density at radius 1 is 1.43 bits per heavy atom. The fourth-order valence-corrected chi connectivity index (χ4v) is 2.77. The van der Waals surface area contributed by atoms with Gasteiger partial charge in [-0.3, -0.25) is 4.79 Å². The maximum atomic E-state index is 12.4. The van der Waals surface area contributed by atoms with Gasteiger partial charge in [0.2, 0.25) is 0 Å². The molecule has 0 aliphatic heterocycles. The van der Waals surface area contributed by atoms with Gasteiger partial charge in [0.25, 0.3) is 5.91 Å². The molecule has 0 unspecified atom stereocenters. The Kier molecular flexibility index (Phi) is 4.80. The highest BCUT2D eigenvalue weighted by atomic mass is 35.5. The average Bonchev–Trinajstić information content (AvgIpc) is 2.92. The van der Waals surface area contributed by atoms with Crippen LogP contribution in [0, 0.1) is 0 Å². The smallest absolute Gasteiger partial charge is 0.252 e. The summed E-state index contributed by atoms with van der Waals surface area (Å²) in [6.45, 7) is 6.49. The second kappa shape index (κ2) is 6.41. The lowest BCUT2D eigenvalue weighted by Gasteiger charge is -2.24. The van der Waals surface area contributed by atoms with E-state index in [2.05, 4.69) is 20.6 Å². The van der Waals surface area contributed by atoms with Gasteiger partial charge in [0.15, 0.2) is 0 Å². The van der Waals surface area contributed by atoms with Crippen molar-refractivity contribution < 1.29 is 4.79 Å². The molecule has 0 aromatic carbocycles. The number of carbonyl (C=O) groups excluding carboxylic acids is 1. The van der Waals surface area contributed by atoms with Crippen molar-refractivity contribution in [3.05, 3.63) is 39.4 Å². The highest BCUT2D eigenvalue weighted by molar-refractivity contribution is 7.09. The molecule has 0 saturated heterocycles. The number of carbonyl (C=O) groups is 1. The number of hydrogen-bond acceptors (Lipinski definition) is 5. The predicted octanol–water partition coefficient (Wildman–Crippen LogP) is 3.29. The Hall–Kier alpha value is -1.66. The molecular weight excluding hydrogens is 308 g/mol. The van der Waals surface area contributed by atoms with Gasteiger partial charge in [0, 0.05) is 23.7 Å². The van der Waals surface area contributed by atoms with E-state index >= 15 is 0 Å². The number of halogens is 1. The normalized spacial score (nSPS) is 11.2. The summed E-state index contributed by atoms with van der Waals surface area (Å²) >= 11 is 7.46. The average molecular weight is 325 g/mol. The molecule has 2 aromatic rings. The highest BCUT2D eigenvalue weighted by Gasteiger charge is 2.26. The van der Waals surface area contributed by atoms with E-state index in [1.54, 1.807) is 18.3 Å². The number of thiazole rings is 1. The molecule has 0 fully saturated rings. The molecule has 0 saturated carbocycles. The first-order valence-corrected chi connectivity index (χ1v) is 7.82. The summed E-state index contributed by atoms with van der Waals surface area (Å²) in [5.74, 6) is 0.376. The second-order valence-electron chi connectivity index (χ2n) is 5.01. The van der Waals surface area contributed by atoms with Crippen LogP contribution in [0.4, 0.5) is 5.82 Å². The van der Waals surface area contributed by atoms with Crippen LogP contribution in [0.2, 0.25) is 5.15 Å². The van der Waals surface area contributed by atoms with Crippen LogP contribution >= 0.6 is 22.9 Å². The zero-order chi connectivity index (χ0) is 15.5. The number of nitrogens with zero attached hydrogens (tertiary/aromatic N) is 2. The summed E-state index contributed by atoms with van der Waals surface area (Å²) in [6.07, 6.45) is 1.72. The fraction of sp³-hybridized carbons (Fsp3) is 0.357. The molecule has 0 spiro atoms. The molecule has 5 nitrogen and oxygen atoms in total. The van der Waals surface area contributed by atoms with E-state index < -0.39 is 5.54 Å². The van der Waals surface area contributed by atoms with E-state index in [0.717, 1.165) is 5.01 Å². The molecule has 0 bridgehead atoms. The van der Waals surface area contributed by atoms with Gasteiger partial charge in [-0.2, -0.15) is 0 Å². The minimum absolute atomic E-state index is 0.210. The van der Waals surface area contributed by atoms with Gasteiger partial charge >= 0.3 is 0 Å². The number of hydrogen-bond donors (Lipinski definition) is 2. The lowest BCUT2D eigenvalue weighted by atomic mass is 10.1. The van der Waals surface area contributed by atoms with E-state index in [1.165, 1.54) is 11.3 Å². The summed E-state index contributed by atoms with van der Waals surface area (Å²) in [4.78, 5) is 20.8. The van der Waals surface area contributed by atoms with Crippen LogP contribution in [-0.2, 0) is 5.54 Å². The number of amides is 1. The van der Waals surface area contributed by atoms with E-state index in [1.807, 2.05) is 26.2 Å². The van der Waals surface area contributed by atoms with Crippen LogP contribution in [0.15, 0.2) is 23.7 Å². The zero-order valence-electron chi connectivity index (χ0n) is 12.1. The number of nitrogens with one attached hydrogen (secondary N) is 2. The molecule has 7 heteroatoms. The maximum absolute atomic E-state index is 12.4. The Bertz CT molecular complexity index is 628. The van der Waals surface area contributed by atoms with Gasteiger partial charge < -0.3 is 10.6 Å². The molecule has 112 valence electrons. The van der Waals surface area contributed by atoms with Crippen LogP contribution in [-0.4, -0.2) is 22.4 Å². The molecular formula is C14H17ClN4OS. The van der Waals surface area contributed by atoms with Gasteiger partial charge in [-0.05, 0) is 32.9 Å². The highest BCUT2D eigenvalue weighted by Crippen LogP contribution is 2.23. The summed E-state index contributed by atoms with van der Waals surface area (Å²) < 4.78 is 0.